The second kappa shape index (κ2) is 8.99. The molecular weight excluding hydrogens is 386 g/mol. The Morgan fingerprint density at radius 2 is 1.83 bits per heavy atom. The first kappa shape index (κ1) is 21.4. The van der Waals surface area contributed by atoms with Crippen molar-refractivity contribution in [3.05, 3.63) is 65.2 Å². The topological polar surface area (TPSA) is 63.7 Å². The van der Waals surface area contributed by atoms with Gasteiger partial charge in [-0.1, -0.05) is 50.2 Å². The molecule has 1 aliphatic rings. The highest BCUT2D eigenvalue weighted by atomic mass is 32.2. The summed E-state index contributed by atoms with van der Waals surface area (Å²) < 4.78 is 29.8. The fraction of sp³-hybridized carbons (Fsp3) is 0.435. The summed E-state index contributed by atoms with van der Waals surface area (Å²) in [6.45, 7) is 6.98. The standard InChI is InChI=1S/C23H29NO4S/c1-4-28-22-8-6-5-7-21(22)23(25)24(20-13-14-29(26,27)16-20)15-18-9-11-19(12-10-18)17(2)3/h5-12,17,20H,4,13-16H2,1-3H3/t20-/m0/s1. The number of carbonyl (C=O) groups excluding carboxylic acids is 1. The Kier molecular flexibility index (Phi) is 6.63. The first-order valence-electron chi connectivity index (χ1n) is 10.1. The maximum Gasteiger partial charge on any atom is 0.258 e. The molecule has 0 N–H and O–H groups in total. The molecule has 6 heteroatoms. The maximum absolute atomic E-state index is 13.5. The number of hydrogen-bond acceptors (Lipinski definition) is 4. The zero-order chi connectivity index (χ0) is 21.0. The predicted octanol–water partition coefficient (Wildman–Crippen LogP) is 4.04. The summed E-state index contributed by atoms with van der Waals surface area (Å²) in [6.07, 6.45) is 0.467. The molecule has 5 nitrogen and oxygen atoms in total. The molecule has 1 fully saturated rings. The largest absolute Gasteiger partial charge is 0.493 e. The highest BCUT2D eigenvalue weighted by Gasteiger charge is 2.35. The van der Waals surface area contributed by atoms with Gasteiger partial charge in [-0.15, -0.1) is 0 Å². The van der Waals surface area contributed by atoms with Crippen molar-refractivity contribution >= 4 is 15.7 Å². The van der Waals surface area contributed by atoms with E-state index in [0.717, 1.165) is 5.56 Å². The highest BCUT2D eigenvalue weighted by molar-refractivity contribution is 7.91. The number of benzene rings is 2. The molecule has 2 aromatic rings. The Morgan fingerprint density at radius 3 is 2.41 bits per heavy atom. The van der Waals surface area contributed by atoms with Gasteiger partial charge in [-0.2, -0.15) is 0 Å². The molecule has 0 unspecified atom stereocenters. The van der Waals surface area contributed by atoms with Gasteiger partial charge in [0.1, 0.15) is 5.75 Å². The summed E-state index contributed by atoms with van der Waals surface area (Å²) in [5.41, 5.74) is 2.69. The number of para-hydroxylation sites is 1. The first-order valence-corrected chi connectivity index (χ1v) is 11.9. The van der Waals surface area contributed by atoms with Gasteiger partial charge >= 0.3 is 0 Å². The number of sulfone groups is 1. The molecule has 1 atom stereocenters. The van der Waals surface area contributed by atoms with Crippen LogP contribution < -0.4 is 4.74 Å². The van der Waals surface area contributed by atoms with Gasteiger partial charge in [-0.05, 0) is 42.5 Å². The van der Waals surface area contributed by atoms with Crippen LogP contribution in [0.1, 0.15) is 54.6 Å². The van der Waals surface area contributed by atoms with E-state index in [2.05, 4.69) is 26.0 Å². The van der Waals surface area contributed by atoms with Gasteiger partial charge in [0, 0.05) is 12.6 Å². The van der Waals surface area contributed by atoms with Crippen LogP contribution in [-0.2, 0) is 16.4 Å². The van der Waals surface area contributed by atoms with Crippen LogP contribution >= 0.6 is 0 Å². The molecule has 2 aromatic carbocycles. The molecule has 0 radical (unpaired) electrons. The summed E-state index contributed by atoms with van der Waals surface area (Å²) in [4.78, 5) is 15.2. The molecule has 1 heterocycles. The molecule has 0 spiro atoms. The lowest BCUT2D eigenvalue weighted by molar-refractivity contribution is 0.0676. The maximum atomic E-state index is 13.5. The quantitative estimate of drug-likeness (QED) is 0.685. The lowest BCUT2D eigenvalue weighted by atomic mass is 10.0. The number of ether oxygens (including phenoxy) is 1. The van der Waals surface area contributed by atoms with E-state index in [1.54, 1.807) is 23.1 Å². The van der Waals surface area contributed by atoms with Gasteiger partial charge in [-0.25, -0.2) is 8.42 Å². The van der Waals surface area contributed by atoms with E-state index in [4.69, 9.17) is 4.74 Å². The average Bonchev–Trinajstić information content (AvgIpc) is 3.06. The fourth-order valence-electron chi connectivity index (χ4n) is 3.67. The summed E-state index contributed by atoms with van der Waals surface area (Å²) in [6, 6.07) is 15.0. The Labute approximate surface area is 173 Å². The van der Waals surface area contributed by atoms with Crippen molar-refractivity contribution < 1.29 is 17.9 Å². The number of nitrogens with zero attached hydrogens (tertiary/aromatic N) is 1. The van der Waals surface area contributed by atoms with Gasteiger partial charge < -0.3 is 9.64 Å². The minimum atomic E-state index is -3.11. The van der Waals surface area contributed by atoms with Crippen molar-refractivity contribution in [1.29, 1.82) is 0 Å². The van der Waals surface area contributed by atoms with Gasteiger partial charge in [0.25, 0.3) is 5.91 Å². The smallest absolute Gasteiger partial charge is 0.258 e. The van der Waals surface area contributed by atoms with Crippen LogP contribution in [0.15, 0.2) is 48.5 Å². The van der Waals surface area contributed by atoms with Crippen LogP contribution in [0.25, 0.3) is 0 Å². The van der Waals surface area contributed by atoms with Crippen molar-refractivity contribution in [1.82, 2.24) is 4.90 Å². The van der Waals surface area contributed by atoms with E-state index in [1.807, 2.05) is 25.1 Å². The molecule has 1 aliphatic heterocycles. The Morgan fingerprint density at radius 1 is 1.14 bits per heavy atom. The van der Waals surface area contributed by atoms with E-state index >= 15 is 0 Å². The second-order valence-corrected chi connectivity index (χ2v) is 10.0. The first-order chi connectivity index (χ1) is 13.8. The van der Waals surface area contributed by atoms with E-state index in [-0.39, 0.29) is 23.5 Å². The normalized spacial score (nSPS) is 18.0. The third-order valence-corrected chi connectivity index (χ3v) is 7.08. The van der Waals surface area contributed by atoms with Crippen molar-refractivity contribution in [3.8, 4) is 5.75 Å². The zero-order valence-electron chi connectivity index (χ0n) is 17.3. The van der Waals surface area contributed by atoms with Crippen LogP contribution in [0.3, 0.4) is 0 Å². The molecule has 0 aliphatic carbocycles. The van der Waals surface area contributed by atoms with Gasteiger partial charge in [0.2, 0.25) is 0 Å². The third kappa shape index (κ3) is 5.18. The molecule has 156 valence electrons. The summed E-state index contributed by atoms with van der Waals surface area (Å²) in [7, 11) is -3.11. The van der Waals surface area contributed by atoms with E-state index in [0.29, 0.717) is 36.8 Å². The molecule has 1 amide bonds. The lowest BCUT2D eigenvalue weighted by Crippen LogP contribution is -2.40. The van der Waals surface area contributed by atoms with Crippen molar-refractivity contribution in [2.45, 2.75) is 45.7 Å². The van der Waals surface area contributed by atoms with E-state index in [1.165, 1.54) is 5.56 Å². The Balaban J connectivity index is 1.92. The molecule has 3 rings (SSSR count). The second-order valence-electron chi connectivity index (χ2n) is 7.82. The molecule has 29 heavy (non-hydrogen) atoms. The van der Waals surface area contributed by atoms with Gasteiger partial charge in [-0.3, -0.25) is 4.79 Å². The molecule has 0 saturated carbocycles. The predicted molar refractivity (Wildman–Crippen MR) is 115 cm³/mol. The van der Waals surface area contributed by atoms with Crippen LogP contribution in [0.5, 0.6) is 5.75 Å². The monoisotopic (exact) mass is 415 g/mol. The number of rotatable bonds is 7. The lowest BCUT2D eigenvalue weighted by Gasteiger charge is -2.29. The summed E-state index contributed by atoms with van der Waals surface area (Å²) in [5, 5.41) is 0. The van der Waals surface area contributed by atoms with Crippen LogP contribution in [0.4, 0.5) is 0 Å². The van der Waals surface area contributed by atoms with Crippen molar-refractivity contribution in [3.63, 3.8) is 0 Å². The average molecular weight is 416 g/mol. The highest BCUT2D eigenvalue weighted by Crippen LogP contribution is 2.26. The van der Waals surface area contributed by atoms with Gasteiger partial charge in [0.05, 0.1) is 23.7 Å². The minimum absolute atomic E-state index is 0.0135. The van der Waals surface area contributed by atoms with E-state index in [9.17, 15) is 13.2 Å². The number of amides is 1. The Hall–Kier alpha value is -2.34. The van der Waals surface area contributed by atoms with Crippen molar-refractivity contribution in [2.75, 3.05) is 18.1 Å². The van der Waals surface area contributed by atoms with Gasteiger partial charge in [0.15, 0.2) is 9.84 Å². The third-order valence-electron chi connectivity index (χ3n) is 5.33. The molecule has 1 saturated heterocycles. The molecule has 0 bridgehead atoms. The number of hydrogen-bond donors (Lipinski definition) is 0. The van der Waals surface area contributed by atoms with Crippen LogP contribution in [-0.4, -0.2) is 43.4 Å². The molecule has 0 aromatic heterocycles. The van der Waals surface area contributed by atoms with Crippen molar-refractivity contribution in [2.24, 2.45) is 0 Å². The SMILES string of the molecule is CCOc1ccccc1C(=O)N(Cc1ccc(C(C)C)cc1)[C@H]1CCS(=O)(=O)C1. The zero-order valence-corrected chi connectivity index (χ0v) is 18.1. The number of carbonyl (C=O) groups is 1. The summed E-state index contributed by atoms with van der Waals surface area (Å²) >= 11 is 0. The summed E-state index contributed by atoms with van der Waals surface area (Å²) in [5.74, 6) is 0.908. The fourth-order valence-corrected chi connectivity index (χ4v) is 5.40. The minimum Gasteiger partial charge on any atom is -0.493 e. The van der Waals surface area contributed by atoms with E-state index < -0.39 is 9.84 Å². The molecular formula is C23H29NO4S. The Bertz CT molecular complexity index is 951. The van der Waals surface area contributed by atoms with Crippen LogP contribution in [0.2, 0.25) is 0 Å². The van der Waals surface area contributed by atoms with Crippen LogP contribution in [0, 0.1) is 0 Å².